The predicted octanol–water partition coefficient (Wildman–Crippen LogP) is 2.99. The van der Waals surface area contributed by atoms with Gasteiger partial charge >= 0.3 is 11.9 Å². The summed E-state index contributed by atoms with van der Waals surface area (Å²) >= 11 is 0. The van der Waals surface area contributed by atoms with Crippen LogP contribution in [0.5, 0.6) is 5.75 Å². The van der Waals surface area contributed by atoms with Gasteiger partial charge in [-0.15, -0.1) is 0 Å². The molecule has 0 saturated heterocycles. The number of sulfone groups is 1. The molecule has 0 spiro atoms. The van der Waals surface area contributed by atoms with Crippen LogP contribution in [0.25, 0.3) is 10.8 Å². The van der Waals surface area contributed by atoms with Crippen LogP contribution in [0.2, 0.25) is 0 Å². The Morgan fingerprint density at radius 2 is 1.65 bits per heavy atom. The molecule has 0 amide bonds. The van der Waals surface area contributed by atoms with Crippen LogP contribution in [0.1, 0.15) is 20.7 Å². The molecule has 130 valence electrons. The van der Waals surface area contributed by atoms with Crippen molar-refractivity contribution in [3.05, 3.63) is 65.7 Å². The normalized spacial score (nSPS) is 13.6. The molecular weight excluding hydrogens is 356 g/mol. The largest absolute Gasteiger partial charge is 0.496 e. The first-order valence-electron chi connectivity index (χ1n) is 7.65. The second kappa shape index (κ2) is 5.67. The number of cyclic esters (lactones) is 2. The average Bonchev–Trinajstić information content (AvgIpc) is 2.93. The van der Waals surface area contributed by atoms with Gasteiger partial charge in [0.15, 0.2) is 0 Å². The lowest BCUT2D eigenvalue weighted by Crippen LogP contribution is -2.10. The summed E-state index contributed by atoms with van der Waals surface area (Å²) in [5.41, 5.74) is -0.318. The first-order chi connectivity index (χ1) is 12.4. The number of ether oxygens (including phenoxy) is 2. The molecule has 0 N–H and O–H groups in total. The van der Waals surface area contributed by atoms with E-state index in [4.69, 9.17) is 4.74 Å². The maximum absolute atomic E-state index is 13.4. The minimum Gasteiger partial charge on any atom is -0.496 e. The van der Waals surface area contributed by atoms with Gasteiger partial charge in [-0.1, -0.05) is 30.3 Å². The van der Waals surface area contributed by atoms with Crippen molar-refractivity contribution in [3.63, 3.8) is 0 Å². The maximum atomic E-state index is 13.4. The third-order valence-electron chi connectivity index (χ3n) is 4.23. The Kier molecular flexibility index (Phi) is 3.55. The van der Waals surface area contributed by atoms with E-state index in [9.17, 15) is 18.0 Å². The molecule has 4 rings (SSSR count). The van der Waals surface area contributed by atoms with Gasteiger partial charge in [0.25, 0.3) is 0 Å². The van der Waals surface area contributed by atoms with E-state index in [1.54, 1.807) is 36.4 Å². The lowest BCUT2D eigenvalue weighted by molar-refractivity contribution is 0.0442. The van der Waals surface area contributed by atoms with E-state index >= 15 is 0 Å². The molecule has 0 radical (unpaired) electrons. The minimum atomic E-state index is -4.11. The third-order valence-corrected chi connectivity index (χ3v) is 6.07. The van der Waals surface area contributed by atoms with Crippen molar-refractivity contribution in [2.24, 2.45) is 0 Å². The van der Waals surface area contributed by atoms with Gasteiger partial charge < -0.3 is 9.47 Å². The molecule has 1 aliphatic heterocycles. The second-order valence-electron chi connectivity index (χ2n) is 5.68. The molecule has 3 aromatic carbocycles. The number of carbonyl (C=O) groups excluding carboxylic acids is 2. The molecule has 0 aliphatic carbocycles. The molecule has 0 bridgehead atoms. The summed E-state index contributed by atoms with van der Waals surface area (Å²) in [5.74, 6) is -1.56. The van der Waals surface area contributed by atoms with Gasteiger partial charge in [0.1, 0.15) is 5.75 Å². The molecule has 26 heavy (non-hydrogen) atoms. The minimum absolute atomic E-state index is 0.00718. The van der Waals surface area contributed by atoms with Crippen molar-refractivity contribution in [2.75, 3.05) is 7.11 Å². The van der Waals surface area contributed by atoms with E-state index in [0.717, 1.165) is 0 Å². The quantitative estimate of drug-likeness (QED) is 0.522. The SMILES string of the molecule is COc1cccc2cc3c(c(S(=O)(=O)c4ccccc4)c12)C(=O)OC3=O. The van der Waals surface area contributed by atoms with Crippen molar-refractivity contribution >= 4 is 32.5 Å². The van der Waals surface area contributed by atoms with E-state index in [2.05, 4.69) is 4.74 Å². The van der Waals surface area contributed by atoms with E-state index in [1.807, 2.05) is 0 Å². The molecule has 0 saturated carbocycles. The van der Waals surface area contributed by atoms with E-state index in [-0.39, 0.29) is 32.1 Å². The molecule has 0 unspecified atom stereocenters. The highest BCUT2D eigenvalue weighted by Gasteiger charge is 2.39. The van der Waals surface area contributed by atoms with Crippen LogP contribution in [0.4, 0.5) is 0 Å². The van der Waals surface area contributed by atoms with Crippen LogP contribution in [0, 0.1) is 0 Å². The fourth-order valence-electron chi connectivity index (χ4n) is 3.10. The molecule has 1 aliphatic rings. The van der Waals surface area contributed by atoms with Crippen molar-refractivity contribution in [3.8, 4) is 5.75 Å². The van der Waals surface area contributed by atoms with Crippen molar-refractivity contribution < 1.29 is 27.5 Å². The van der Waals surface area contributed by atoms with E-state index in [1.165, 1.54) is 25.3 Å². The number of carbonyl (C=O) groups is 2. The number of rotatable bonds is 3. The van der Waals surface area contributed by atoms with Gasteiger partial charge in [-0.2, -0.15) is 0 Å². The molecular formula is C19H12O6S. The number of fused-ring (bicyclic) bond motifs is 2. The van der Waals surface area contributed by atoms with Gasteiger partial charge in [0, 0.05) is 5.39 Å². The van der Waals surface area contributed by atoms with Crippen molar-refractivity contribution in [1.82, 2.24) is 0 Å². The molecule has 6 nitrogen and oxygen atoms in total. The molecule has 3 aromatic rings. The standard InChI is InChI=1S/C19H12O6S/c1-24-14-9-5-6-11-10-13-16(19(21)25-18(13)20)17(15(11)14)26(22,23)12-7-3-2-4-8-12/h2-10H,1H3. The summed E-state index contributed by atoms with van der Waals surface area (Å²) in [5, 5.41) is 0.702. The molecule has 0 atom stereocenters. The fourth-order valence-corrected chi connectivity index (χ4v) is 4.80. The Morgan fingerprint density at radius 3 is 2.35 bits per heavy atom. The Balaban J connectivity index is 2.22. The molecule has 1 heterocycles. The summed E-state index contributed by atoms with van der Waals surface area (Å²) in [6.07, 6.45) is 0. The van der Waals surface area contributed by atoms with Crippen LogP contribution in [-0.2, 0) is 14.6 Å². The highest BCUT2D eigenvalue weighted by molar-refractivity contribution is 7.91. The Labute approximate surface area is 148 Å². The summed E-state index contributed by atoms with van der Waals surface area (Å²) in [7, 11) is -2.71. The smallest absolute Gasteiger partial charge is 0.348 e. The first-order valence-corrected chi connectivity index (χ1v) is 9.14. The zero-order chi connectivity index (χ0) is 18.5. The Hall–Kier alpha value is -3.19. The Bertz CT molecular complexity index is 1180. The molecule has 7 heteroatoms. The summed E-state index contributed by atoms with van der Waals surface area (Å²) in [4.78, 5) is 24.0. The fraction of sp³-hybridized carbons (Fsp3) is 0.0526. The highest BCUT2D eigenvalue weighted by atomic mass is 32.2. The summed E-state index contributed by atoms with van der Waals surface area (Å²) in [6.45, 7) is 0. The monoisotopic (exact) mass is 368 g/mol. The summed E-state index contributed by atoms with van der Waals surface area (Å²) in [6, 6.07) is 14.1. The van der Waals surface area contributed by atoms with Crippen LogP contribution in [0.3, 0.4) is 0 Å². The summed E-state index contributed by atoms with van der Waals surface area (Å²) < 4.78 is 36.7. The predicted molar refractivity (Wildman–Crippen MR) is 92.1 cm³/mol. The lowest BCUT2D eigenvalue weighted by atomic mass is 10.0. The van der Waals surface area contributed by atoms with Crippen LogP contribution < -0.4 is 4.74 Å². The van der Waals surface area contributed by atoms with Gasteiger partial charge in [0.05, 0.1) is 28.0 Å². The van der Waals surface area contributed by atoms with Crippen LogP contribution in [0.15, 0.2) is 64.4 Å². The number of hydrogen-bond acceptors (Lipinski definition) is 6. The molecule has 0 fully saturated rings. The van der Waals surface area contributed by atoms with Crippen LogP contribution in [-0.4, -0.2) is 27.5 Å². The molecule has 0 aromatic heterocycles. The lowest BCUT2D eigenvalue weighted by Gasteiger charge is -2.14. The van der Waals surface area contributed by atoms with Gasteiger partial charge in [0.2, 0.25) is 9.84 Å². The van der Waals surface area contributed by atoms with E-state index < -0.39 is 21.8 Å². The number of hydrogen-bond donors (Lipinski definition) is 0. The zero-order valence-corrected chi connectivity index (χ0v) is 14.4. The van der Waals surface area contributed by atoms with E-state index in [0.29, 0.717) is 5.39 Å². The second-order valence-corrected chi connectivity index (χ2v) is 7.57. The maximum Gasteiger partial charge on any atom is 0.348 e. The topological polar surface area (TPSA) is 86.7 Å². The van der Waals surface area contributed by atoms with Crippen molar-refractivity contribution in [2.45, 2.75) is 9.79 Å². The van der Waals surface area contributed by atoms with Crippen LogP contribution >= 0.6 is 0 Å². The van der Waals surface area contributed by atoms with Crippen molar-refractivity contribution in [1.29, 1.82) is 0 Å². The number of benzene rings is 3. The highest BCUT2D eigenvalue weighted by Crippen LogP contribution is 2.41. The van der Waals surface area contributed by atoms with Gasteiger partial charge in [-0.25, -0.2) is 18.0 Å². The number of esters is 2. The van der Waals surface area contributed by atoms with Gasteiger partial charge in [-0.3, -0.25) is 0 Å². The Morgan fingerprint density at radius 1 is 0.923 bits per heavy atom. The third kappa shape index (κ3) is 2.21. The van der Waals surface area contributed by atoms with Gasteiger partial charge in [-0.05, 0) is 29.7 Å². The average molecular weight is 368 g/mol. The zero-order valence-electron chi connectivity index (χ0n) is 13.6. The number of methoxy groups -OCH3 is 1. The first kappa shape index (κ1) is 16.3.